The summed E-state index contributed by atoms with van der Waals surface area (Å²) in [7, 11) is -14.0. The van der Waals surface area contributed by atoms with Gasteiger partial charge >= 0.3 is 0 Å². The Morgan fingerprint density at radius 2 is 1.37 bits per heavy atom. The van der Waals surface area contributed by atoms with Crippen LogP contribution in [-0.4, -0.2) is 76.4 Å². The van der Waals surface area contributed by atoms with E-state index in [4.69, 9.17) is 55.9 Å². The van der Waals surface area contributed by atoms with E-state index in [1.165, 1.54) is 74.6 Å². The van der Waals surface area contributed by atoms with E-state index in [0.717, 1.165) is 43.9 Å². The zero-order valence-corrected chi connectivity index (χ0v) is 48.9. The first-order chi connectivity index (χ1) is 37.1. The van der Waals surface area contributed by atoms with Gasteiger partial charge in [-0.25, -0.2) is 18.4 Å². The average molecular weight is 1230 g/mol. The summed E-state index contributed by atoms with van der Waals surface area (Å²) in [5, 5.41) is 23.0. The zero-order valence-electron chi connectivity index (χ0n) is 43.5. The molecule has 0 saturated carbocycles. The Kier molecular flexibility index (Phi) is 21.1. The SMILES string of the molecule is CCCCCCCCCCCCC(Oc1ccc(O)c(C(C)(C)C)c1)C(=O)Nc1ccc(Cl)c(N=C2NN(c3c(Cl)cc(Cl)cc3Cl)C(=O)C2N=Nc2ccc(OC)c(S(=O)(=O)Nc3cc(S(=O)(=O)O)cc(S(=O)(=O)O)c3)c2)c1. The predicted molar refractivity (Wildman–Crippen MR) is 305 cm³/mol. The molecule has 1 aliphatic heterocycles. The van der Waals surface area contributed by atoms with E-state index in [9.17, 15) is 49.1 Å². The van der Waals surface area contributed by atoms with Crippen LogP contribution in [0.5, 0.6) is 17.2 Å². The molecule has 79 heavy (non-hydrogen) atoms. The quantitative estimate of drug-likeness (QED) is 0.0180. The molecule has 5 aromatic carbocycles. The van der Waals surface area contributed by atoms with Crippen molar-refractivity contribution < 1.29 is 58.5 Å². The number of hydrogen-bond acceptors (Lipinski definition) is 14. The van der Waals surface area contributed by atoms with Crippen molar-refractivity contribution in [1.29, 1.82) is 0 Å². The molecule has 1 heterocycles. The van der Waals surface area contributed by atoms with Gasteiger partial charge in [0.25, 0.3) is 42.1 Å². The van der Waals surface area contributed by atoms with Gasteiger partial charge in [0.05, 0.1) is 49.0 Å². The molecule has 6 rings (SSSR count). The molecule has 27 heteroatoms. The molecule has 0 bridgehead atoms. The normalized spacial score (nSPS) is 15.1. The summed E-state index contributed by atoms with van der Waals surface area (Å²) in [5.41, 5.74) is 2.37. The van der Waals surface area contributed by atoms with Crippen LogP contribution in [0, 0.1) is 0 Å². The number of nitrogens with zero attached hydrogens (tertiary/aromatic N) is 4. The van der Waals surface area contributed by atoms with Crippen LogP contribution < -0.4 is 29.9 Å². The van der Waals surface area contributed by atoms with Crippen molar-refractivity contribution in [2.24, 2.45) is 15.2 Å². The molecule has 20 nitrogen and oxygen atoms in total. The van der Waals surface area contributed by atoms with Gasteiger partial charge in [0.1, 0.15) is 27.8 Å². The number of carbonyl (C=O) groups is 2. The van der Waals surface area contributed by atoms with Crippen LogP contribution in [0.25, 0.3) is 0 Å². The lowest BCUT2D eigenvalue weighted by atomic mass is 9.86. The van der Waals surface area contributed by atoms with Crippen molar-refractivity contribution in [3.63, 3.8) is 0 Å². The Morgan fingerprint density at radius 1 is 0.759 bits per heavy atom. The number of carbonyl (C=O) groups excluding carboxylic acids is 2. The van der Waals surface area contributed by atoms with Gasteiger partial charge in [0.2, 0.25) is 6.04 Å². The first kappa shape index (κ1) is 62.4. The standard InChI is InChI=1S/C52H59Cl4N7O13S3/c1-6-7-8-9-10-11-12-13-14-15-16-45(76-35-19-21-43(64)38(29-35)52(2,3)4)50(65)57-32-17-20-39(54)42(27-32)58-49-47(51(66)63(61-49)48-40(55)23-31(53)24-41(48)56)60-59-33-18-22-44(75-5)46(28-33)77(67,68)62-34-25-36(78(69,70)71)30-37(26-34)79(72,73)74/h17-30,45,47,62,64H,6-16H2,1-5H3,(H,57,65)(H,58,61)(H,69,70,71)(H,72,73,74). The summed E-state index contributed by atoms with van der Waals surface area (Å²) >= 11 is 26.0. The number of aromatic hydroxyl groups is 1. The third-order valence-electron chi connectivity index (χ3n) is 12.2. The number of nitrogens with one attached hydrogen (secondary N) is 3. The maximum atomic E-state index is 14.4. The lowest BCUT2D eigenvalue weighted by Crippen LogP contribution is -2.36. The molecule has 0 spiro atoms. The van der Waals surface area contributed by atoms with Crippen LogP contribution in [0.2, 0.25) is 20.1 Å². The molecule has 1 saturated heterocycles. The number of hydrazine groups is 1. The number of benzene rings is 5. The van der Waals surface area contributed by atoms with E-state index in [1.807, 2.05) is 25.5 Å². The Labute approximate surface area is 479 Å². The van der Waals surface area contributed by atoms with Gasteiger partial charge in [0, 0.05) is 16.3 Å². The zero-order chi connectivity index (χ0) is 58.0. The van der Waals surface area contributed by atoms with Gasteiger partial charge in [-0.15, -0.1) is 0 Å². The van der Waals surface area contributed by atoms with Gasteiger partial charge in [0.15, 0.2) is 11.9 Å². The molecule has 2 unspecified atom stereocenters. The number of sulfonamides is 1. The van der Waals surface area contributed by atoms with Crippen LogP contribution in [-0.2, 0) is 45.3 Å². The third kappa shape index (κ3) is 16.9. The molecule has 0 aromatic heterocycles. The van der Waals surface area contributed by atoms with Crippen molar-refractivity contribution in [3.05, 3.63) is 111 Å². The number of anilines is 3. The van der Waals surface area contributed by atoms with Crippen LogP contribution in [0.4, 0.5) is 28.4 Å². The molecule has 2 atom stereocenters. The lowest BCUT2D eigenvalue weighted by Gasteiger charge is -2.23. The number of amidine groups is 1. The maximum absolute atomic E-state index is 14.4. The summed E-state index contributed by atoms with van der Waals surface area (Å²) in [5.74, 6) is -1.33. The van der Waals surface area contributed by atoms with Gasteiger partial charge in [-0.1, -0.05) is 132 Å². The number of hydrogen-bond donors (Lipinski definition) is 6. The average Bonchev–Trinajstić information content (AvgIpc) is 3.65. The minimum absolute atomic E-state index is 0.0322. The number of methoxy groups -OCH3 is 1. The number of phenols is 1. The van der Waals surface area contributed by atoms with E-state index in [-0.39, 0.29) is 60.2 Å². The summed E-state index contributed by atoms with van der Waals surface area (Å²) in [6.45, 7) is 8.05. The van der Waals surface area contributed by atoms with Gasteiger partial charge in [-0.3, -0.25) is 28.8 Å². The second kappa shape index (κ2) is 26.7. The smallest absolute Gasteiger partial charge is 0.294 e. The Bertz CT molecular complexity index is 3420. The molecule has 0 radical (unpaired) electrons. The first-order valence-corrected chi connectivity index (χ1v) is 30.6. The van der Waals surface area contributed by atoms with E-state index < -0.39 is 80.0 Å². The van der Waals surface area contributed by atoms with Crippen LogP contribution in [0.3, 0.4) is 0 Å². The molecule has 5 aromatic rings. The molecular formula is C52H59Cl4N7O13S3. The minimum atomic E-state index is -5.12. The highest BCUT2D eigenvalue weighted by Crippen LogP contribution is 2.40. The van der Waals surface area contributed by atoms with Crippen LogP contribution in [0.15, 0.2) is 115 Å². The summed E-state index contributed by atoms with van der Waals surface area (Å²) in [6.07, 6.45) is 10.3. The Morgan fingerprint density at radius 3 is 1.95 bits per heavy atom. The maximum Gasteiger partial charge on any atom is 0.294 e. The van der Waals surface area contributed by atoms with Gasteiger partial charge in [-0.05, 0) is 103 Å². The number of ether oxygens (including phenoxy) is 2. The van der Waals surface area contributed by atoms with Crippen LogP contribution in [0.1, 0.15) is 104 Å². The van der Waals surface area contributed by atoms with Crippen molar-refractivity contribution >= 4 is 123 Å². The number of rotatable bonds is 25. The molecule has 1 aliphatic rings. The second-order valence-electron chi connectivity index (χ2n) is 19.4. The molecule has 2 amide bonds. The predicted octanol–water partition coefficient (Wildman–Crippen LogP) is 13.0. The number of unbranched alkanes of at least 4 members (excludes halogenated alkanes) is 9. The number of azo groups is 1. The minimum Gasteiger partial charge on any atom is -0.508 e. The van der Waals surface area contributed by atoms with Crippen molar-refractivity contribution in [2.75, 3.05) is 22.2 Å². The van der Waals surface area contributed by atoms with E-state index in [1.54, 1.807) is 18.2 Å². The topological polar surface area (TPSA) is 292 Å². The van der Waals surface area contributed by atoms with Crippen LogP contribution >= 0.6 is 46.4 Å². The monoisotopic (exact) mass is 1230 g/mol. The number of halogens is 4. The number of phenolic OH excluding ortho intramolecular Hbond substituents is 1. The Hall–Kier alpha value is -5.76. The number of aliphatic imine (C=N–C) groups is 1. The third-order valence-corrected chi connectivity index (χ3v) is 16.4. The van der Waals surface area contributed by atoms with E-state index in [0.29, 0.717) is 42.4 Å². The highest BCUT2D eigenvalue weighted by molar-refractivity contribution is 7.93. The molecule has 426 valence electrons. The lowest BCUT2D eigenvalue weighted by molar-refractivity contribution is -0.123. The highest BCUT2D eigenvalue weighted by Gasteiger charge is 2.41. The molecular weight excluding hydrogens is 1170 g/mol. The largest absolute Gasteiger partial charge is 0.508 e. The molecule has 6 N–H and O–H groups in total. The number of amides is 2. The van der Waals surface area contributed by atoms with Crippen molar-refractivity contribution in [3.8, 4) is 17.2 Å². The summed E-state index contributed by atoms with van der Waals surface area (Å²) in [4.78, 5) is 30.5. The second-order valence-corrected chi connectivity index (χ2v) is 25.5. The van der Waals surface area contributed by atoms with Crippen molar-refractivity contribution in [1.82, 2.24) is 5.43 Å². The first-order valence-electron chi connectivity index (χ1n) is 24.8. The fraction of sp³-hybridized carbons (Fsp3) is 0.365. The molecule has 0 aliphatic carbocycles. The van der Waals surface area contributed by atoms with Gasteiger partial charge in [-0.2, -0.15) is 27.1 Å². The van der Waals surface area contributed by atoms with Crippen molar-refractivity contribution in [2.45, 2.75) is 131 Å². The Balaban J connectivity index is 1.32. The fourth-order valence-corrected chi connectivity index (χ4v) is 11.8. The summed E-state index contributed by atoms with van der Waals surface area (Å²) in [6, 6.07) is 15.4. The van der Waals surface area contributed by atoms with E-state index >= 15 is 0 Å². The summed E-state index contributed by atoms with van der Waals surface area (Å²) < 4.78 is 108. The fourth-order valence-electron chi connectivity index (χ4n) is 8.22. The van der Waals surface area contributed by atoms with E-state index in [2.05, 4.69) is 32.9 Å². The van der Waals surface area contributed by atoms with Gasteiger partial charge < -0.3 is 19.9 Å². The molecule has 1 fully saturated rings. The highest BCUT2D eigenvalue weighted by atomic mass is 35.5.